The molecule has 1 heterocycles. The Morgan fingerprint density at radius 1 is 1.12 bits per heavy atom. The maximum Gasteiger partial charge on any atom is 0.415 e. The largest absolute Gasteiger partial charge is 0.456 e. The van der Waals surface area contributed by atoms with Crippen LogP contribution in [0.2, 0.25) is 5.02 Å². The molecule has 0 bridgehead atoms. The van der Waals surface area contributed by atoms with E-state index in [0.29, 0.717) is 6.07 Å². The summed E-state index contributed by atoms with van der Waals surface area (Å²) in [5, 5.41) is 2.40. The summed E-state index contributed by atoms with van der Waals surface area (Å²) in [6.45, 7) is 0. The van der Waals surface area contributed by atoms with Gasteiger partial charge < -0.3 is 4.74 Å². The molecule has 0 aromatic heterocycles. The number of rotatable bonds is 2. The number of hydrogen-bond acceptors (Lipinski definition) is 4. The highest BCUT2D eigenvalue weighted by atomic mass is 35.5. The summed E-state index contributed by atoms with van der Waals surface area (Å²) < 4.78 is 97.1. The molecule has 1 aliphatic heterocycles. The van der Waals surface area contributed by atoms with Crippen LogP contribution in [0.25, 0.3) is 0 Å². The van der Waals surface area contributed by atoms with Gasteiger partial charge in [-0.05, 0) is 24.3 Å². The number of fused-ring (bicyclic) bond motifs is 1. The van der Waals surface area contributed by atoms with Gasteiger partial charge in [0, 0.05) is 11.6 Å². The molecule has 2 aromatic rings. The van der Waals surface area contributed by atoms with E-state index in [-0.39, 0.29) is 11.3 Å². The van der Waals surface area contributed by atoms with Crippen molar-refractivity contribution in [3.05, 3.63) is 52.3 Å². The molecule has 4 nitrogen and oxygen atoms in total. The zero-order valence-electron chi connectivity index (χ0n) is 12.2. The molecule has 0 radical (unpaired) electrons. The molecule has 0 N–H and O–H groups in total. The summed E-state index contributed by atoms with van der Waals surface area (Å²) >= 11 is 5.73. The van der Waals surface area contributed by atoms with Gasteiger partial charge in [-0.2, -0.15) is 22.8 Å². The third-order valence-corrected chi connectivity index (χ3v) is 5.98. The predicted octanol–water partition coefficient (Wildman–Crippen LogP) is 4.61. The average Bonchev–Trinajstić information content (AvgIpc) is 2.65. The van der Waals surface area contributed by atoms with Crippen molar-refractivity contribution in [2.24, 2.45) is 0 Å². The first-order valence-electron chi connectivity index (χ1n) is 6.65. The van der Waals surface area contributed by atoms with Gasteiger partial charge >= 0.3 is 11.2 Å². The third kappa shape index (κ3) is 2.34. The molecule has 2 aromatic carbocycles. The van der Waals surface area contributed by atoms with Crippen LogP contribution in [0.4, 0.5) is 22.0 Å². The van der Waals surface area contributed by atoms with Crippen LogP contribution in [0.5, 0.6) is 11.5 Å². The van der Waals surface area contributed by atoms with Gasteiger partial charge in [0.25, 0.3) is 9.84 Å². The number of ether oxygens (including phenoxy) is 1. The quantitative estimate of drug-likeness (QED) is 0.679. The Bertz CT molecular complexity index is 1080. The van der Waals surface area contributed by atoms with Crippen molar-refractivity contribution in [3.63, 3.8) is 0 Å². The van der Waals surface area contributed by atoms with Crippen molar-refractivity contribution >= 4 is 21.4 Å². The second kappa shape index (κ2) is 5.56. The van der Waals surface area contributed by atoms with Crippen molar-refractivity contribution in [2.75, 3.05) is 0 Å². The number of halogens is 6. The SMILES string of the molecule is N#Cc1cc(F)cc(Oc2ccc3c(c2Cl)S(=O)(=O)C(F)(F)C3(F)F)c1. The highest BCUT2D eigenvalue weighted by molar-refractivity contribution is 7.93. The number of benzene rings is 2. The molecule has 0 unspecified atom stereocenters. The number of hydrogen-bond donors (Lipinski definition) is 0. The maximum absolute atomic E-state index is 13.8. The van der Waals surface area contributed by atoms with Crippen LogP contribution in [0, 0.1) is 17.1 Å². The molecule has 26 heavy (non-hydrogen) atoms. The molecular weight excluding hydrogens is 405 g/mol. The molecule has 0 saturated carbocycles. The van der Waals surface area contributed by atoms with Crippen LogP contribution in [-0.4, -0.2) is 13.7 Å². The van der Waals surface area contributed by atoms with Crippen molar-refractivity contribution in [2.45, 2.75) is 16.1 Å². The first-order chi connectivity index (χ1) is 11.9. The second-order valence-electron chi connectivity index (χ2n) is 5.24. The van der Waals surface area contributed by atoms with Crippen molar-refractivity contribution in [1.29, 1.82) is 5.26 Å². The monoisotopic (exact) mass is 409 g/mol. The molecule has 1 aliphatic rings. The summed E-state index contributed by atoms with van der Waals surface area (Å²) in [5.74, 6) is -6.73. The lowest BCUT2D eigenvalue weighted by atomic mass is 10.1. The topological polar surface area (TPSA) is 67.2 Å². The number of nitriles is 1. The normalized spacial score (nSPS) is 18.8. The van der Waals surface area contributed by atoms with E-state index in [9.17, 15) is 30.4 Å². The fraction of sp³-hybridized carbons (Fsp3) is 0.133. The van der Waals surface area contributed by atoms with Crippen molar-refractivity contribution in [1.82, 2.24) is 0 Å². The van der Waals surface area contributed by atoms with E-state index < -0.39 is 48.1 Å². The third-order valence-electron chi connectivity index (χ3n) is 3.60. The van der Waals surface area contributed by atoms with E-state index >= 15 is 0 Å². The first kappa shape index (κ1) is 18.4. The summed E-state index contributed by atoms with van der Waals surface area (Å²) in [5.41, 5.74) is -1.61. The standard InChI is InChI=1S/C15H5ClF5NO3S/c16-12-11(25-9-4-7(6-22)3-8(17)5-9)2-1-10-13(12)26(23,24)15(20,21)14(10,18)19/h1-5H. The van der Waals surface area contributed by atoms with Gasteiger partial charge in [0.15, 0.2) is 0 Å². The number of sulfone groups is 1. The number of alkyl halides is 4. The van der Waals surface area contributed by atoms with Gasteiger partial charge in [0.2, 0.25) is 0 Å². The Kier molecular flexibility index (Phi) is 3.94. The van der Waals surface area contributed by atoms with Gasteiger partial charge in [-0.3, -0.25) is 0 Å². The average molecular weight is 410 g/mol. The Labute approximate surface area is 148 Å². The van der Waals surface area contributed by atoms with E-state index in [1.807, 2.05) is 0 Å². The van der Waals surface area contributed by atoms with Gasteiger partial charge in [-0.15, -0.1) is 0 Å². The molecule has 0 fully saturated rings. The zero-order valence-corrected chi connectivity index (χ0v) is 13.8. The van der Waals surface area contributed by atoms with Gasteiger partial charge in [-0.1, -0.05) is 11.6 Å². The molecular formula is C15H5ClF5NO3S. The summed E-state index contributed by atoms with van der Waals surface area (Å²) in [4.78, 5) is -1.46. The van der Waals surface area contributed by atoms with Crippen LogP contribution in [-0.2, 0) is 15.8 Å². The van der Waals surface area contributed by atoms with Crippen LogP contribution in [0.1, 0.15) is 11.1 Å². The first-order valence-corrected chi connectivity index (χ1v) is 8.51. The minimum atomic E-state index is -5.78. The lowest BCUT2D eigenvalue weighted by Gasteiger charge is -2.16. The molecule has 0 spiro atoms. The Balaban J connectivity index is 2.16. The molecule has 11 heteroatoms. The number of nitrogens with zero attached hydrogens (tertiary/aromatic N) is 1. The highest BCUT2D eigenvalue weighted by Gasteiger charge is 2.74. The Morgan fingerprint density at radius 2 is 1.77 bits per heavy atom. The van der Waals surface area contributed by atoms with Crippen LogP contribution >= 0.6 is 11.6 Å². The predicted molar refractivity (Wildman–Crippen MR) is 78.7 cm³/mol. The second-order valence-corrected chi connectivity index (χ2v) is 7.54. The smallest absolute Gasteiger partial charge is 0.415 e. The zero-order chi connectivity index (χ0) is 19.5. The lowest BCUT2D eigenvalue weighted by Crippen LogP contribution is -2.38. The van der Waals surface area contributed by atoms with Crippen LogP contribution in [0.3, 0.4) is 0 Å². The molecule has 3 rings (SSSR count). The fourth-order valence-corrected chi connectivity index (χ4v) is 4.43. The van der Waals surface area contributed by atoms with Crippen LogP contribution in [0.15, 0.2) is 35.2 Å². The minimum absolute atomic E-state index is 0.150. The van der Waals surface area contributed by atoms with Crippen molar-refractivity contribution in [3.8, 4) is 17.6 Å². The molecule has 0 atom stereocenters. The minimum Gasteiger partial charge on any atom is -0.456 e. The van der Waals surface area contributed by atoms with Gasteiger partial charge in [-0.25, -0.2) is 12.8 Å². The molecule has 136 valence electrons. The molecule has 0 aliphatic carbocycles. The Hall–Kier alpha value is -2.38. The summed E-state index contributed by atoms with van der Waals surface area (Å²) in [6, 6.07) is 5.58. The Morgan fingerprint density at radius 3 is 2.38 bits per heavy atom. The highest BCUT2D eigenvalue weighted by Crippen LogP contribution is 2.59. The summed E-state index contributed by atoms with van der Waals surface area (Å²) in [7, 11) is -5.78. The van der Waals surface area contributed by atoms with E-state index in [2.05, 4.69) is 0 Å². The van der Waals surface area contributed by atoms with Crippen molar-refractivity contribution < 1.29 is 35.1 Å². The molecule has 0 amide bonds. The van der Waals surface area contributed by atoms with Gasteiger partial charge in [0.05, 0.1) is 11.6 Å². The lowest BCUT2D eigenvalue weighted by molar-refractivity contribution is -0.158. The fourth-order valence-electron chi connectivity index (χ4n) is 2.39. The molecule has 0 saturated heterocycles. The van der Waals surface area contributed by atoms with E-state index in [4.69, 9.17) is 21.6 Å². The van der Waals surface area contributed by atoms with E-state index in [0.717, 1.165) is 24.3 Å². The van der Waals surface area contributed by atoms with E-state index in [1.54, 1.807) is 6.07 Å². The maximum atomic E-state index is 13.8. The van der Waals surface area contributed by atoms with Crippen LogP contribution < -0.4 is 4.74 Å². The van der Waals surface area contributed by atoms with Gasteiger partial charge in [0.1, 0.15) is 27.2 Å². The van der Waals surface area contributed by atoms with E-state index in [1.165, 1.54) is 0 Å². The summed E-state index contributed by atoms with van der Waals surface area (Å²) in [6.07, 6.45) is 0.